The van der Waals surface area contributed by atoms with Crippen molar-refractivity contribution in [3.05, 3.63) is 11.8 Å². The summed E-state index contributed by atoms with van der Waals surface area (Å²) in [6.45, 7) is 6.46. The first-order chi connectivity index (χ1) is 10.9. The van der Waals surface area contributed by atoms with Crippen molar-refractivity contribution in [2.24, 2.45) is 34.5 Å². The van der Waals surface area contributed by atoms with Crippen molar-refractivity contribution < 1.29 is 14.3 Å². The van der Waals surface area contributed by atoms with Gasteiger partial charge in [-0.15, -0.1) is 0 Å². The summed E-state index contributed by atoms with van der Waals surface area (Å²) in [5.74, 6) is 3.45. The lowest BCUT2D eigenvalue weighted by Crippen LogP contribution is -2.51. The Labute approximate surface area is 138 Å². The third kappa shape index (κ3) is 2.01. The van der Waals surface area contributed by atoms with Crippen molar-refractivity contribution in [3.8, 4) is 0 Å². The second-order valence-corrected chi connectivity index (χ2v) is 8.86. The Morgan fingerprint density at radius 3 is 2.70 bits per heavy atom. The Morgan fingerprint density at radius 1 is 1.17 bits per heavy atom. The molecule has 3 heteroatoms. The van der Waals surface area contributed by atoms with Crippen molar-refractivity contribution in [3.63, 3.8) is 0 Å². The zero-order valence-corrected chi connectivity index (χ0v) is 14.6. The van der Waals surface area contributed by atoms with Crippen LogP contribution in [-0.2, 0) is 14.3 Å². The van der Waals surface area contributed by atoms with Crippen LogP contribution in [0.15, 0.2) is 11.8 Å². The molecule has 6 atom stereocenters. The fraction of sp³-hybridized carbons (Fsp3) is 0.800. The summed E-state index contributed by atoms with van der Waals surface area (Å²) in [4.78, 5) is 23.8. The van der Waals surface area contributed by atoms with Crippen molar-refractivity contribution in [1.82, 2.24) is 0 Å². The van der Waals surface area contributed by atoms with E-state index in [9.17, 15) is 9.59 Å². The Kier molecular flexibility index (Phi) is 3.31. The highest BCUT2D eigenvalue weighted by Gasteiger charge is 2.60. The predicted octanol–water partition coefficient (Wildman–Crippen LogP) is 4.27. The standard InChI is InChI=1S/C20H28O3/c1-12(21)14-5-6-15-13-4-7-17-20(3,11-9-18(22)23-17)16(13)8-10-19(14,15)2/h7,13-16H,4-6,8-11H2,1-3H3/t13-,14+,15-,16+,19-,20-/m1/s1. The van der Waals surface area contributed by atoms with E-state index < -0.39 is 0 Å². The number of esters is 1. The molecule has 0 unspecified atom stereocenters. The minimum Gasteiger partial charge on any atom is -0.431 e. The monoisotopic (exact) mass is 316 g/mol. The van der Waals surface area contributed by atoms with Gasteiger partial charge in [0.25, 0.3) is 0 Å². The van der Waals surface area contributed by atoms with Crippen LogP contribution in [0.4, 0.5) is 0 Å². The number of allylic oxidation sites excluding steroid dienone is 2. The molecule has 0 aromatic heterocycles. The maximum Gasteiger partial charge on any atom is 0.310 e. The van der Waals surface area contributed by atoms with Gasteiger partial charge in [0.1, 0.15) is 11.5 Å². The number of carbonyl (C=O) groups excluding carboxylic acids is 2. The fourth-order valence-corrected chi connectivity index (χ4v) is 6.74. The van der Waals surface area contributed by atoms with Gasteiger partial charge in [0.15, 0.2) is 0 Å². The molecule has 1 aliphatic heterocycles. The van der Waals surface area contributed by atoms with Gasteiger partial charge in [0.2, 0.25) is 0 Å². The number of fused-ring (bicyclic) bond motifs is 5. The SMILES string of the molecule is CC(=O)[C@@H]1CC[C@@H]2[C@H]3CC=C4OC(=O)CC[C@]4(C)[C@H]3CC[C@@]21C. The molecule has 1 saturated heterocycles. The van der Waals surface area contributed by atoms with Gasteiger partial charge in [-0.1, -0.05) is 13.8 Å². The number of hydrogen-bond donors (Lipinski definition) is 0. The predicted molar refractivity (Wildman–Crippen MR) is 87.3 cm³/mol. The van der Waals surface area contributed by atoms with Crippen LogP contribution in [0.25, 0.3) is 0 Å². The summed E-state index contributed by atoms with van der Waals surface area (Å²) in [5.41, 5.74) is 0.229. The van der Waals surface area contributed by atoms with E-state index in [1.165, 1.54) is 12.8 Å². The lowest BCUT2D eigenvalue weighted by Gasteiger charge is -2.56. The van der Waals surface area contributed by atoms with Crippen molar-refractivity contribution in [1.29, 1.82) is 0 Å². The summed E-state index contributed by atoms with van der Waals surface area (Å²) >= 11 is 0. The number of rotatable bonds is 1. The highest BCUT2D eigenvalue weighted by atomic mass is 16.5. The Morgan fingerprint density at radius 2 is 1.96 bits per heavy atom. The molecule has 3 fully saturated rings. The lowest BCUT2D eigenvalue weighted by atomic mass is 9.49. The van der Waals surface area contributed by atoms with Crippen LogP contribution in [0, 0.1) is 34.5 Å². The molecule has 1 heterocycles. The van der Waals surface area contributed by atoms with Crippen LogP contribution >= 0.6 is 0 Å². The molecule has 3 nitrogen and oxygen atoms in total. The van der Waals surface area contributed by atoms with Crippen molar-refractivity contribution in [2.75, 3.05) is 0 Å². The van der Waals surface area contributed by atoms with Crippen LogP contribution in [0.2, 0.25) is 0 Å². The van der Waals surface area contributed by atoms with Gasteiger partial charge in [-0.2, -0.15) is 0 Å². The van der Waals surface area contributed by atoms with Gasteiger partial charge >= 0.3 is 5.97 Å². The number of ketones is 1. The Hall–Kier alpha value is -1.12. The lowest BCUT2D eigenvalue weighted by molar-refractivity contribution is -0.152. The molecule has 0 aromatic rings. The summed E-state index contributed by atoms with van der Waals surface area (Å²) in [7, 11) is 0. The van der Waals surface area contributed by atoms with Crippen molar-refractivity contribution in [2.45, 2.75) is 65.7 Å². The van der Waals surface area contributed by atoms with Gasteiger partial charge < -0.3 is 4.74 Å². The molecule has 0 aromatic carbocycles. The number of ether oxygens (including phenoxy) is 1. The zero-order valence-electron chi connectivity index (χ0n) is 14.6. The molecule has 0 N–H and O–H groups in total. The van der Waals surface area contributed by atoms with E-state index in [2.05, 4.69) is 19.9 Å². The maximum absolute atomic E-state index is 12.1. The van der Waals surface area contributed by atoms with E-state index in [1.807, 2.05) is 0 Å². The summed E-state index contributed by atoms with van der Waals surface area (Å²) < 4.78 is 5.61. The molecule has 4 rings (SSSR count). The Bertz CT molecular complexity index is 592. The highest BCUT2D eigenvalue weighted by molar-refractivity contribution is 5.79. The highest BCUT2D eigenvalue weighted by Crippen LogP contribution is 2.65. The topological polar surface area (TPSA) is 43.4 Å². The van der Waals surface area contributed by atoms with Gasteiger partial charge in [-0.25, -0.2) is 0 Å². The minimum absolute atomic E-state index is 0.0342. The van der Waals surface area contributed by atoms with E-state index in [4.69, 9.17) is 4.74 Å². The van der Waals surface area contributed by atoms with Gasteiger partial charge in [0, 0.05) is 17.8 Å². The fourth-order valence-electron chi connectivity index (χ4n) is 6.74. The summed E-state index contributed by atoms with van der Waals surface area (Å²) in [6, 6.07) is 0. The van der Waals surface area contributed by atoms with Crippen LogP contribution < -0.4 is 0 Å². The summed E-state index contributed by atoms with van der Waals surface area (Å²) in [6.07, 6.45) is 9.29. The van der Waals surface area contributed by atoms with Gasteiger partial charge in [0.05, 0.1) is 0 Å². The van der Waals surface area contributed by atoms with E-state index in [0.717, 1.165) is 31.4 Å². The first-order valence-electron chi connectivity index (χ1n) is 9.28. The number of hydrogen-bond acceptors (Lipinski definition) is 3. The van der Waals surface area contributed by atoms with Crippen LogP contribution in [-0.4, -0.2) is 11.8 Å². The minimum atomic E-state index is -0.0645. The van der Waals surface area contributed by atoms with Crippen LogP contribution in [0.3, 0.4) is 0 Å². The van der Waals surface area contributed by atoms with Crippen LogP contribution in [0.1, 0.15) is 65.7 Å². The largest absolute Gasteiger partial charge is 0.431 e. The quantitative estimate of drug-likeness (QED) is 0.679. The van der Waals surface area contributed by atoms with Crippen molar-refractivity contribution >= 4 is 11.8 Å². The first-order valence-corrected chi connectivity index (χ1v) is 9.28. The first kappa shape index (κ1) is 15.4. The molecular formula is C20H28O3. The molecule has 23 heavy (non-hydrogen) atoms. The smallest absolute Gasteiger partial charge is 0.310 e. The number of Topliss-reactive ketones (excluding diaryl/α,β-unsaturated/α-hetero) is 1. The number of carbonyl (C=O) groups is 2. The van der Waals surface area contributed by atoms with Gasteiger partial charge in [-0.05, 0) is 74.7 Å². The van der Waals surface area contributed by atoms with Gasteiger partial charge in [-0.3, -0.25) is 9.59 Å². The third-order valence-electron chi connectivity index (χ3n) is 7.96. The second-order valence-electron chi connectivity index (χ2n) is 8.86. The average Bonchev–Trinajstić information content (AvgIpc) is 2.85. The van der Waals surface area contributed by atoms with Crippen LogP contribution in [0.5, 0.6) is 0 Å². The molecule has 0 spiro atoms. The molecule has 126 valence electrons. The Balaban J connectivity index is 1.67. The normalized spacial score (nSPS) is 48.7. The summed E-state index contributed by atoms with van der Waals surface area (Å²) in [5, 5.41) is 0. The molecule has 4 aliphatic rings. The average molecular weight is 316 g/mol. The molecule has 0 bridgehead atoms. The molecule has 0 radical (unpaired) electrons. The van der Waals surface area contributed by atoms with E-state index >= 15 is 0 Å². The van der Waals surface area contributed by atoms with E-state index in [-0.39, 0.29) is 22.7 Å². The third-order valence-corrected chi connectivity index (χ3v) is 7.96. The maximum atomic E-state index is 12.1. The molecule has 3 aliphatic carbocycles. The van der Waals surface area contributed by atoms with E-state index in [1.54, 1.807) is 6.92 Å². The molecule has 0 amide bonds. The second kappa shape index (κ2) is 4.94. The van der Waals surface area contributed by atoms with E-state index in [0.29, 0.717) is 30.0 Å². The molecular weight excluding hydrogens is 288 g/mol. The molecule has 2 saturated carbocycles. The zero-order chi connectivity index (χ0) is 16.4.